The highest BCUT2D eigenvalue weighted by atomic mass is 35.5. The van der Waals surface area contributed by atoms with Gasteiger partial charge in [0, 0.05) is 5.02 Å². The van der Waals surface area contributed by atoms with Crippen LogP contribution in [0.15, 0.2) is 42.5 Å². The molecule has 1 N–H and O–H groups in total. The SMILES string of the molecule is CCCOc1ccccc1Oc1ccc(CO)c(Cl)c1. The summed E-state index contributed by atoms with van der Waals surface area (Å²) in [4.78, 5) is 0. The van der Waals surface area contributed by atoms with E-state index in [2.05, 4.69) is 6.92 Å². The van der Waals surface area contributed by atoms with Gasteiger partial charge >= 0.3 is 0 Å². The predicted octanol–water partition coefficient (Wildman–Crippen LogP) is 4.41. The van der Waals surface area contributed by atoms with Crippen molar-refractivity contribution in [3.05, 3.63) is 53.1 Å². The van der Waals surface area contributed by atoms with Gasteiger partial charge < -0.3 is 14.6 Å². The zero-order valence-corrected chi connectivity index (χ0v) is 12.1. The van der Waals surface area contributed by atoms with Gasteiger partial charge in [0.2, 0.25) is 0 Å². The Kier molecular flexibility index (Phi) is 5.27. The minimum atomic E-state index is -0.0880. The van der Waals surface area contributed by atoms with Crippen molar-refractivity contribution < 1.29 is 14.6 Å². The third kappa shape index (κ3) is 3.65. The van der Waals surface area contributed by atoms with E-state index in [1.165, 1.54) is 0 Å². The maximum absolute atomic E-state index is 9.10. The minimum absolute atomic E-state index is 0.0880. The number of halogens is 1. The predicted molar refractivity (Wildman–Crippen MR) is 79.7 cm³/mol. The Morgan fingerprint density at radius 1 is 1.10 bits per heavy atom. The topological polar surface area (TPSA) is 38.7 Å². The maximum Gasteiger partial charge on any atom is 0.169 e. The molecule has 2 rings (SSSR count). The van der Waals surface area contributed by atoms with Crippen molar-refractivity contribution in [2.24, 2.45) is 0 Å². The molecule has 0 aliphatic rings. The van der Waals surface area contributed by atoms with E-state index in [0.717, 1.165) is 6.42 Å². The zero-order valence-electron chi connectivity index (χ0n) is 11.3. The van der Waals surface area contributed by atoms with Crippen LogP contribution in [0, 0.1) is 0 Å². The summed E-state index contributed by atoms with van der Waals surface area (Å²) in [5.41, 5.74) is 0.675. The summed E-state index contributed by atoms with van der Waals surface area (Å²) < 4.78 is 11.4. The van der Waals surface area contributed by atoms with E-state index in [9.17, 15) is 0 Å². The lowest BCUT2D eigenvalue weighted by Crippen LogP contribution is -1.97. The monoisotopic (exact) mass is 292 g/mol. The lowest BCUT2D eigenvalue weighted by atomic mass is 10.2. The Bertz CT molecular complexity index is 569. The summed E-state index contributed by atoms with van der Waals surface area (Å²) in [5, 5.41) is 9.58. The molecule has 3 nitrogen and oxygen atoms in total. The van der Waals surface area contributed by atoms with Gasteiger partial charge in [-0.1, -0.05) is 36.7 Å². The molecule has 0 aromatic heterocycles. The Labute approximate surface area is 123 Å². The number of para-hydroxylation sites is 2. The molecule has 0 aliphatic heterocycles. The average Bonchev–Trinajstić information content (AvgIpc) is 2.46. The van der Waals surface area contributed by atoms with Crippen LogP contribution in [0.4, 0.5) is 0 Å². The quantitative estimate of drug-likeness (QED) is 0.857. The number of benzene rings is 2. The average molecular weight is 293 g/mol. The van der Waals surface area contributed by atoms with Gasteiger partial charge in [0.1, 0.15) is 5.75 Å². The first-order valence-corrected chi connectivity index (χ1v) is 6.91. The maximum atomic E-state index is 9.10. The number of rotatable bonds is 6. The van der Waals surface area contributed by atoms with E-state index in [-0.39, 0.29) is 6.61 Å². The van der Waals surface area contributed by atoms with E-state index >= 15 is 0 Å². The van der Waals surface area contributed by atoms with Gasteiger partial charge in [0.05, 0.1) is 13.2 Å². The molecule has 0 bridgehead atoms. The molecule has 106 valence electrons. The fraction of sp³-hybridized carbons (Fsp3) is 0.250. The highest BCUT2D eigenvalue weighted by Crippen LogP contribution is 2.33. The first-order chi connectivity index (χ1) is 9.74. The molecule has 0 unspecified atom stereocenters. The van der Waals surface area contributed by atoms with Gasteiger partial charge in [-0.15, -0.1) is 0 Å². The largest absolute Gasteiger partial charge is 0.490 e. The van der Waals surface area contributed by atoms with Crippen LogP contribution in [-0.2, 0) is 6.61 Å². The molecule has 0 aliphatic carbocycles. The van der Waals surface area contributed by atoms with Crippen molar-refractivity contribution in [1.82, 2.24) is 0 Å². The molecule has 0 saturated heterocycles. The van der Waals surface area contributed by atoms with Crippen molar-refractivity contribution in [3.63, 3.8) is 0 Å². The second-order valence-corrected chi connectivity index (χ2v) is 4.72. The van der Waals surface area contributed by atoms with Crippen LogP contribution in [0.25, 0.3) is 0 Å². The summed E-state index contributed by atoms with van der Waals surface area (Å²) >= 11 is 6.05. The first-order valence-electron chi connectivity index (χ1n) is 6.53. The molecule has 0 radical (unpaired) electrons. The molecule has 0 heterocycles. The Morgan fingerprint density at radius 2 is 1.85 bits per heavy atom. The highest BCUT2D eigenvalue weighted by Gasteiger charge is 2.07. The van der Waals surface area contributed by atoms with Crippen molar-refractivity contribution in [1.29, 1.82) is 0 Å². The summed E-state index contributed by atoms with van der Waals surface area (Å²) in [7, 11) is 0. The smallest absolute Gasteiger partial charge is 0.169 e. The van der Waals surface area contributed by atoms with Gasteiger partial charge in [-0.3, -0.25) is 0 Å². The van der Waals surface area contributed by atoms with Crippen LogP contribution in [0.3, 0.4) is 0 Å². The van der Waals surface area contributed by atoms with Crippen molar-refractivity contribution in [3.8, 4) is 17.2 Å². The molecule has 2 aromatic rings. The number of hydrogen-bond donors (Lipinski definition) is 1. The fourth-order valence-electron chi connectivity index (χ4n) is 1.71. The van der Waals surface area contributed by atoms with E-state index in [0.29, 0.717) is 34.4 Å². The number of hydrogen-bond acceptors (Lipinski definition) is 3. The molecular formula is C16H17ClO3. The van der Waals surface area contributed by atoms with E-state index < -0.39 is 0 Å². The summed E-state index contributed by atoms with van der Waals surface area (Å²) in [6, 6.07) is 12.7. The Morgan fingerprint density at radius 3 is 2.50 bits per heavy atom. The Hall–Kier alpha value is -1.71. The second kappa shape index (κ2) is 7.17. The van der Waals surface area contributed by atoms with Crippen molar-refractivity contribution >= 4 is 11.6 Å². The molecule has 0 spiro atoms. The first kappa shape index (κ1) is 14.7. The Balaban J connectivity index is 2.19. The van der Waals surface area contributed by atoms with E-state index in [4.69, 9.17) is 26.2 Å². The molecule has 0 fully saturated rings. The van der Waals surface area contributed by atoms with Gasteiger partial charge in [0.15, 0.2) is 11.5 Å². The molecule has 0 amide bonds. The molecule has 0 atom stereocenters. The second-order valence-electron chi connectivity index (χ2n) is 4.31. The normalized spacial score (nSPS) is 10.3. The lowest BCUT2D eigenvalue weighted by Gasteiger charge is -2.12. The number of aliphatic hydroxyl groups is 1. The third-order valence-corrected chi connectivity index (χ3v) is 3.09. The lowest BCUT2D eigenvalue weighted by molar-refractivity contribution is 0.281. The minimum Gasteiger partial charge on any atom is -0.490 e. The van der Waals surface area contributed by atoms with Crippen molar-refractivity contribution in [2.45, 2.75) is 20.0 Å². The fourth-order valence-corrected chi connectivity index (χ4v) is 1.94. The van der Waals surface area contributed by atoms with Crippen LogP contribution in [0.1, 0.15) is 18.9 Å². The van der Waals surface area contributed by atoms with Crippen LogP contribution in [0.2, 0.25) is 5.02 Å². The van der Waals surface area contributed by atoms with Crippen LogP contribution in [0.5, 0.6) is 17.2 Å². The molecular weight excluding hydrogens is 276 g/mol. The van der Waals surface area contributed by atoms with E-state index in [1.54, 1.807) is 18.2 Å². The standard InChI is InChI=1S/C16H17ClO3/c1-2-9-19-15-5-3-4-6-16(15)20-13-8-7-12(11-18)14(17)10-13/h3-8,10,18H,2,9,11H2,1H3. The summed E-state index contributed by atoms with van der Waals surface area (Å²) in [5.74, 6) is 1.96. The molecule has 20 heavy (non-hydrogen) atoms. The summed E-state index contributed by atoms with van der Waals surface area (Å²) in [6.45, 7) is 2.61. The van der Waals surface area contributed by atoms with Crippen LogP contribution >= 0.6 is 11.6 Å². The van der Waals surface area contributed by atoms with Gasteiger partial charge in [0.25, 0.3) is 0 Å². The molecule has 2 aromatic carbocycles. The zero-order chi connectivity index (χ0) is 14.4. The third-order valence-electron chi connectivity index (χ3n) is 2.73. The number of aliphatic hydroxyl groups excluding tert-OH is 1. The number of ether oxygens (including phenoxy) is 2. The molecule has 4 heteroatoms. The summed E-state index contributed by atoms with van der Waals surface area (Å²) in [6.07, 6.45) is 0.936. The van der Waals surface area contributed by atoms with Crippen LogP contribution in [-0.4, -0.2) is 11.7 Å². The van der Waals surface area contributed by atoms with Gasteiger partial charge in [-0.2, -0.15) is 0 Å². The molecule has 0 saturated carbocycles. The van der Waals surface area contributed by atoms with Crippen molar-refractivity contribution in [2.75, 3.05) is 6.61 Å². The highest BCUT2D eigenvalue weighted by molar-refractivity contribution is 6.31. The van der Waals surface area contributed by atoms with E-state index in [1.807, 2.05) is 24.3 Å². The van der Waals surface area contributed by atoms with Gasteiger partial charge in [-0.25, -0.2) is 0 Å². The van der Waals surface area contributed by atoms with Gasteiger partial charge in [-0.05, 0) is 36.2 Å². The van der Waals surface area contributed by atoms with Crippen LogP contribution < -0.4 is 9.47 Å².